The highest BCUT2D eigenvalue weighted by molar-refractivity contribution is 4.43. The maximum atomic E-state index is 4.94. The average Bonchev–Trinajstić information content (AvgIpc) is 1.90. The first-order valence-corrected chi connectivity index (χ1v) is 4.22. The van der Waals surface area contributed by atoms with E-state index in [0.29, 0.717) is 0 Å². The molecular weight excluding hydrogens is 138 g/mol. The first-order valence-electron chi connectivity index (χ1n) is 4.22. The van der Waals surface area contributed by atoms with Gasteiger partial charge < -0.3 is 4.90 Å². The van der Waals surface area contributed by atoms with Gasteiger partial charge in [-0.05, 0) is 19.6 Å². The summed E-state index contributed by atoms with van der Waals surface area (Å²) in [5, 5.41) is 1.50. The van der Waals surface area contributed by atoms with E-state index in [4.69, 9.17) is 5.84 Å². The maximum Gasteiger partial charge on any atom is 0.00105 e. The summed E-state index contributed by atoms with van der Waals surface area (Å²) < 4.78 is 0. The molecule has 70 valence electrons. The number of hydrogen-bond acceptors (Lipinski definition) is 3. The smallest absolute Gasteiger partial charge is 0.00105 e. The third-order valence-corrected chi connectivity index (χ3v) is 1.34. The minimum atomic E-state index is 1.19. The Balaban J connectivity index is 0. The highest BCUT2D eigenvalue weighted by Crippen LogP contribution is 1.81. The van der Waals surface area contributed by atoms with Crippen LogP contribution in [-0.2, 0) is 0 Å². The van der Waals surface area contributed by atoms with Crippen molar-refractivity contribution in [3.63, 3.8) is 0 Å². The highest BCUT2D eigenvalue weighted by atomic mass is 15.4. The molecule has 0 amide bonds. The number of nitrogens with two attached hydrogens (primary N) is 1. The summed E-state index contributed by atoms with van der Waals surface area (Å²) in [5.74, 6) is 4.94. The van der Waals surface area contributed by atoms with Crippen molar-refractivity contribution in [1.82, 2.24) is 9.91 Å². The second-order valence-electron chi connectivity index (χ2n) is 2.58. The zero-order valence-corrected chi connectivity index (χ0v) is 8.59. The first-order chi connectivity index (χ1) is 5.08. The van der Waals surface area contributed by atoms with Crippen molar-refractivity contribution in [2.24, 2.45) is 5.84 Å². The minimum Gasteiger partial charge on any atom is -0.304 e. The van der Waals surface area contributed by atoms with Crippen LogP contribution in [0.4, 0.5) is 0 Å². The normalized spacial score (nSPS) is 9.82. The van der Waals surface area contributed by atoms with E-state index in [1.54, 1.807) is 14.1 Å². The van der Waals surface area contributed by atoms with Crippen LogP contribution in [0.2, 0.25) is 0 Å². The standard InChI is InChI=1S/C6H15N.C2H8N2/c1-4-7(5-2)6-3;1-4(2)3/h4-6H2,1-3H3;3H2,1-2H3. The molecule has 3 heteroatoms. The lowest BCUT2D eigenvalue weighted by Gasteiger charge is -2.13. The van der Waals surface area contributed by atoms with Gasteiger partial charge in [0.1, 0.15) is 0 Å². The van der Waals surface area contributed by atoms with E-state index in [0.717, 1.165) is 0 Å². The van der Waals surface area contributed by atoms with E-state index >= 15 is 0 Å². The Morgan fingerprint density at radius 1 is 0.909 bits per heavy atom. The van der Waals surface area contributed by atoms with Gasteiger partial charge in [-0.25, -0.2) is 0 Å². The SMILES string of the molecule is CCN(CC)CC.CN(C)N. The molecule has 0 saturated carbocycles. The van der Waals surface area contributed by atoms with Crippen molar-refractivity contribution in [3.8, 4) is 0 Å². The van der Waals surface area contributed by atoms with Crippen molar-refractivity contribution in [2.45, 2.75) is 20.8 Å². The Hall–Kier alpha value is -0.120. The number of hydrazine groups is 1. The summed E-state index contributed by atoms with van der Waals surface area (Å²) in [6.07, 6.45) is 0. The highest BCUT2D eigenvalue weighted by Gasteiger charge is 1.89. The molecule has 0 bridgehead atoms. The second-order valence-corrected chi connectivity index (χ2v) is 2.58. The third kappa shape index (κ3) is 17.7. The molecule has 3 nitrogen and oxygen atoms in total. The van der Waals surface area contributed by atoms with Gasteiger partial charge >= 0.3 is 0 Å². The van der Waals surface area contributed by atoms with Crippen molar-refractivity contribution < 1.29 is 0 Å². The fourth-order valence-corrected chi connectivity index (χ4v) is 0.671. The molecule has 0 aromatic carbocycles. The van der Waals surface area contributed by atoms with Gasteiger partial charge in [-0.2, -0.15) is 0 Å². The minimum absolute atomic E-state index is 1.19. The molecule has 0 fully saturated rings. The van der Waals surface area contributed by atoms with E-state index < -0.39 is 0 Å². The van der Waals surface area contributed by atoms with Gasteiger partial charge in [-0.1, -0.05) is 20.8 Å². The van der Waals surface area contributed by atoms with Crippen LogP contribution < -0.4 is 5.84 Å². The predicted molar refractivity (Wildman–Crippen MR) is 51.3 cm³/mol. The van der Waals surface area contributed by atoms with Crippen LogP contribution in [0.25, 0.3) is 0 Å². The van der Waals surface area contributed by atoms with E-state index in [-0.39, 0.29) is 0 Å². The fraction of sp³-hybridized carbons (Fsp3) is 1.00. The molecule has 0 aromatic rings. The Kier molecular flexibility index (Phi) is 12.1. The van der Waals surface area contributed by atoms with E-state index in [9.17, 15) is 0 Å². The number of hydrogen-bond donors (Lipinski definition) is 1. The van der Waals surface area contributed by atoms with Crippen molar-refractivity contribution >= 4 is 0 Å². The van der Waals surface area contributed by atoms with Gasteiger partial charge in [0.05, 0.1) is 0 Å². The van der Waals surface area contributed by atoms with Crippen molar-refractivity contribution in [1.29, 1.82) is 0 Å². The molecule has 0 unspecified atom stereocenters. The van der Waals surface area contributed by atoms with Gasteiger partial charge in [0.25, 0.3) is 0 Å². The molecule has 0 rings (SSSR count). The van der Waals surface area contributed by atoms with E-state index in [1.807, 2.05) is 0 Å². The zero-order chi connectivity index (χ0) is 9.28. The molecule has 0 spiro atoms. The zero-order valence-electron chi connectivity index (χ0n) is 8.59. The molecule has 0 heterocycles. The molecule has 0 aromatic heterocycles. The lowest BCUT2D eigenvalue weighted by atomic mass is 10.5. The van der Waals surface area contributed by atoms with Crippen LogP contribution >= 0.6 is 0 Å². The molecule has 0 aliphatic carbocycles. The van der Waals surface area contributed by atoms with E-state index in [1.165, 1.54) is 24.6 Å². The Bertz CT molecular complexity index is 52.1. The largest absolute Gasteiger partial charge is 0.304 e. The first kappa shape index (κ1) is 13.5. The molecule has 0 saturated heterocycles. The quantitative estimate of drug-likeness (QED) is 0.490. The van der Waals surface area contributed by atoms with Crippen LogP contribution in [0.15, 0.2) is 0 Å². The van der Waals surface area contributed by atoms with Crippen LogP contribution in [0.5, 0.6) is 0 Å². The van der Waals surface area contributed by atoms with E-state index in [2.05, 4.69) is 25.7 Å². The molecule has 2 N–H and O–H groups in total. The van der Waals surface area contributed by atoms with Gasteiger partial charge in [0, 0.05) is 14.1 Å². The lowest BCUT2D eigenvalue weighted by Crippen LogP contribution is -2.21. The molecular formula is C8H23N3. The summed E-state index contributed by atoms with van der Waals surface area (Å²) in [6.45, 7) is 10.1. The monoisotopic (exact) mass is 161 g/mol. The van der Waals surface area contributed by atoms with Crippen LogP contribution in [-0.4, -0.2) is 43.6 Å². The van der Waals surface area contributed by atoms with Gasteiger partial charge in [0.15, 0.2) is 0 Å². The van der Waals surface area contributed by atoms with Gasteiger partial charge in [-0.3, -0.25) is 10.9 Å². The molecule has 11 heavy (non-hydrogen) atoms. The maximum absolute atomic E-state index is 4.94. The Morgan fingerprint density at radius 3 is 1.09 bits per heavy atom. The predicted octanol–water partition coefficient (Wildman–Crippen LogP) is 0.770. The summed E-state index contributed by atoms with van der Waals surface area (Å²) in [6, 6.07) is 0. The Morgan fingerprint density at radius 2 is 1.09 bits per heavy atom. The second kappa shape index (κ2) is 9.88. The van der Waals surface area contributed by atoms with Crippen LogP contribution in [0, 0.1) is 0 Å². The molecule has 0 aliphatic heterocycles. The van der Waals surface area contributed by atoms with Gasteiger partial charge in [0.2, 0.25) is 0 Å². The van der Waals surface area contributed by atoms with Crippen LogP contribution in [0.3, 0.4) is 0 Å². The van der Waals surface area contributed by atoms with Crippen molar-refractivity contribution in [3.05, 3.63) is 0 Å². The van der Waals surface area contributed by atoms with Crippen LogP contribution in [0.1, 0.15) is 20.8 Å². The summed E-state index contributed by atoms with van der Waals surface area (Å²) in [5.41, 5.74) is 0. The third-order valence-electron chi connectivity index (χ3n) is 1.34. The summed E-state index contributed by atoms with van der Waals surface area (Å²) in [4.78, 5) is 2.38. The average molecular weight is 161 g/mol. The summed E-state index contributed by atoms with van der Waals surface area (Å²) in [7, 11) is 3.56. The summed E-state index contributed by atoms with van der Waals surface area (Å²) >= 11 is 0. The number of nitrogens with zero attached hydrogens (tertiary/aromatic N) is 2. The molecule has 0 radical (unpaired) electrons. The molecule has 0 atom stereocenters. The van der Waals surface area contributed by atoms with Gasteiger partial charge in [-0.15, -0.1) is 0 Å². The molecule has 0 aliphatic rings. The Labute approximate surface area is 71.1 Å². The topological polar surface area (TPSA) is 32.5 Å². The lowest BCUT2D eigenvalue weighted by molar-refractivity contribution is 0.321. The van der Waals surface area contributed by atoms with Crippen molar-refractivity contribution in [2.75, 3.05) is 33.7 Å². The fourth-order valence-electron chi connectivity index (χ4n) is 0.671. The number of rotatable bonds is 3.